The van der Waals surface area contributed by atoms with Crippen LogP contribution >= 0.6 is 11.6 Å². The monoisotopic (exact) mass is 225 g/mol. The first-order chi connectivity index (χ1) is 7.22. The van der Waals surface area contributed by atoms with E-state index < -0.39 is 0 Å². The molecule has 0 saturated carbocycles. The molecule has 4 heteroatoms. The van der Waals surface area contributed by atoms with E-state index in [0.717, 1.165) is 17.5 Å². The Morgan fingerprint density at radius 2 is 2.33 bits per heavy atom. The Kier molecular flexibility index (Phi) is 2.82. The average Bonchev–Trinajstić information content (AvgIpc) is 2.28. The highest BCUT2D eigenvalue weighted by Crippen LogP contribution is 2.26. The van der Waals surface area contributed by atoms with Crippen LogP contribution in [0.5, 0.6) is 5.75 Å². The van der Waals surface area contributed by atoms with Gasteiger partial charge in [0.05, 0.1) is 0 Å². The Balaban J connectivity index is 2.26. The average molecular weight is 226 g/mol. The van der Waals surface area contributed by atoms with Gasteiger partial charge in [0.25, 0.3) is 0 Å². The minimum atomic E-state index is -0.0782. The molecule has 0 aromatic heterocycles. The zero-order valence-corrected chi connectivity index (χ0v) is 9.00. The molecule has 0 saturated heterocycles. The molecule has 1 aromatic carbocycles. The molecule has 0 aliphatic carbocycles. The molecular weight excluding hydrogens is 214 g/mol. The maximum Gasteiger partial charge on any atom is 0.237 e. The van der Waals surface area contributed by atoms with E-state index in [0.29, 0.717) is 13.1 Å². The molecule has 0 fully saturated rings. The quantitative estimate of drug-likeness (QED) is 0.737. The lowest BCUT2D eigenvalue weighted by molar-refractivity contribution is -0.129. The van der Waals surface area contributed by atoms with Gasteiger partial charge < -0.3 is 10.0 Å². The summed E-state index contributed by atoms with van der Waals surface area (Å²) >= 11 is 5.50. The summed E-state index contributed by atoms with van der Waals surface area (Å²) in [4.78, 5) is 13.1. The number of carbonyl (C=O) groups is 1. The summed E-state index contributed by atoms with van der Waals surface area (Å²) < 4.78 is 0. The van der Waals surface area contributed by atoms with E-state index in [1.165, 1.54) is 0 Å². The van der Waals surface area contributed by atoms with Crippen LogP contribution < -0.4 is 0 Å². The molecule has 0 atom stereocenters. The van der Waals surface area contributed by atoms with E-state index in [9.17, 15) is 9.90 Å². The van der Waals surface area contributed by atoms with E-state index in [1.807, 2.05) is 12.1 Å². The van der Waals surface area contributed by atoms with Crippen LogP contribution in [-0.2, 0) is 17.8 Å². The topological polar surface area (TPSA) is 40.5 Å². The van der Waals surface area contributed by atoms with Crippen molar-refractivity contribution in [3.8, 4) is 5.75 Å². The van der Waals surface area contributed by atoms with Crippen LogP contribution in [0.25, 0.3) is 0 Å². The van der Waals surface area contributed by atoms with Crippen LogP contribution in [0.2, 0.25) is 0 Å². The Hall–Kier alpha value is -1.22. The fraction of sp³-hybridized carbons (Fsp3) is 0.364. The van der Waals surface area contributed by atoms with Gasteiger partial charge in [-0.2, -0.15) is 0 Å². The largest absolute Gasteiger partial charge is 0.508 e. The van der Waals surface area contributed by atoms with Crippen LogP contribution in [-0.4, -0.2) is 28.3 Å². The number of phenolic OH excluding ortho intramolecular Hbond substituents is 1. The number of nitrogens with zero attached hydrogens (tertiary/aromatic N) is 1. The van der Waals surface area contributed by atoms with Gasteiger partial charge >= 0.3 is 0 Å². The number of hydrogen-bond acceptors (Lipinski definition) is 2. The van der Waals surface area contributed by atoms with Gasteiger partial charge in [0.1, 0.15) is 11.6 Å². The van der Waals surface area contributed by atoms with E-state index in [4.69, 9.17) is 11.6 Å². The summed E-state index contributed by atoms with van der Waals surface area (Å²) in [5.74, 6) is 0.188. The third-order valence-electron chi connectivity index (χ3n) is 2.72. The second-order valence-corrected chi connectivity index (χ2v) is 3.88. The van der Waals surface area contributed by atoms with E-state index in [2.05, 4.69) is 0 Å². The van der Waals surface area contributed by atoms with Crippen LogP contribution in [0.1, 0.15) is 11.1 Å². The maximum absolute atomic E-state index is 11.4. The summed E-state index contributed by atoms with van der Waals surface area (Å²) in [5, 5.41) is 9.66. The fourth-order valence-corrected chi connectivity index (χ4v) is 2.03. The van der Waals surface area contributed by atoms with Crippen molar-refractivity contribution in [3.63, 3.8) is 0 Å². The number of fused-ring (bicyclic) bond motifs is 1. The number of alkyl halides is 1. The van der Waals surface area contributed by atoms with E-state index in [1.54, 1.807) is 11.0 Å². The molecule has 1 amide bonds. The number of phenols is 1. The van der Waals surface area contributed by atoms with E-state index in [-0.39, 0.29) is 17.5 Å². The summed E-state index contributed by atoms with van der Waals surface area (Å²) in [6, 6.07) is 5.46. The van der Waals surface area contributed by atoms with Crippen LogP contribution in [0.3, 0.4) is 0 Å². The highest BCUT2D eigenvalue weighted by Gasteiger charge is 2.21. The third-order valence-corrected chi connectivity index (χ3v) is 2.94. The first kappa shape index (κ1) is 10.3. The summed E-state index contributed by atoms with van der Waals surface area (Å²) in [6.07, 6.45) is 0.784. The zero-order chi connectivity index (χ0) is 10.8. The van der Waals surface area contributed by atoms with Crippen molar-refractivity contribution in [1.29, 1.82) is 0 Å². The van der Waals surface area contributed by atoms with Crippen LogP contribution in [0, 0.1) is 0 Å². The van der Waals surface area contributed by atoms with Gasteiger partial charge in [0, 0.05) is 18.7 Å². The first-order valence-electron chi connectivity index (χ1n) is 4.86. The van der Waals surface area contributed by atoms with Gasteiger partial charge in [-0.1, -0.05) is 12.1 Å². The summed E-state index contributed by atoms with van der Waals surface area (Å²) in [6.45, 7) is 1.15. The van der Waals surface area contributed by atoms with Crippen LogP contribution in [0.15, 0.2) is 18.2 Å². The number of carbonyl (C=O) groups excluding carboxylic acids is 1. The maximum atomic E-state index is 11.4. The van der Waals surface area contributed by atoms with Gasteiger partial charge in [0.2, 0.25) is 5.91 Å². The molecule has 0 radical (unpaired) electrons. The molecule has 0 unspecified atom stereocenters. The van der Waals surface area contributed by atoms with Gasteiger partial charge in [-0.25, -0.2) is 0 Å². The van der Waals surface area contributed by atoms with Gasteiger partial charge in [-0.3, -0.25) is 4.79 Å². The molecule has 1 aromatic rings. The van der Waals surface area contributed by atoms with Crippen molar-refractivity contribution < 1.29 is 9.90 Å². The molecule has 0 bridgehead atoms. The fourth-order valence-electron chi connectivity index (χ4n) is 1.86. The second kappa shape index (κ2) is 4.11. The molecule has 0 spiro atoms. The predicted molar refractivity (Wildman–Crippen MR) is 57.9 cm³/mol. The molecule has 1 aliphatic rings. The highest BCUT2D eigenvalue weighted by atomic mass is 35.5. The molecule has 15 heavy (non-hydrogen) atoms. The van der Waals surface area contributed by atoms with Gasteiger partial charge in [0.15, 0.2) is 0 Å². The molecule has 1 N–H and O–H groups in total. The normalized spacial score (nSPS) is 14.9. The molecule has 1 heterocycles. The van der Waals surface area contributed by atoms with Crippen molar-refractivity contribution in [2.45, 2.75) is 13.0 Å². The standard InChI is InChI=1S/C11H12ClNO2/c12-6-11(15)13-5-4-8-2-1-3-10(14)9(8)7-13/h1-3,14H,4-7H2. The second-order valence-electron chi connectivity index (χ2n) is 3.61. The smallest absolute Gasteiger partial charge is 0.237 e. The van der Waals surface area contributed by atoms with Gasteiger partial charge in [-0.15, -0.1) is 11.6 Å². The van der Waals surface area contributed by atoms with Crippen molar-refractivity contribution in [3.05, 3.63) is 29.3 Å². The minimum absolute atomic E-state index is 0.00291. The SMILES string of the molecule is O=C(CCl)N1CCc2cccc(O)c2C1. The molecule has 1 aliphatic heterocycles. The summed E-state index contributed by atoms with van der Waals surface area (Å²) in [5.41, 5.74) is 1.97. The number of aromatic hydroxyl groups is 1. The lowest BCUT2D eigenvalue weighted by atomic mass is 9.99. The Labute approximate surface area is 93.3 Å². The Morgan fingerprint density at radius 3 is 3.07 bits per heavy atom. The van der Waals surface area contributed by atoms with Crippen molar-refractivity contribution >= 4 is 17.5 Å². The summed E-state index contributed by atoms with van der Waals surface area (Å²) in [7, 11) is 0. The number of benzene rings is 1. The lowest BCUT2D eigenvalue weighted by Crippen LogP contribution is -2.36. The first-order valence-corrected chi connectivity index (χ1v) is 5.39. The molecular formula is C11H12ClNO2. The minimum Gasteiger partial charge on any atom is -0.508 e. The number of hydrogen-bond donors (Lipinski definition) is 1. The third kappa shape index (κ3) is 1.92. The lowest BCUT2D eigenvalue weighted by Gasteiger charge is -2.28. The number of halogens is 1. The molecule has 2 rings (SSSR count). The van der Waals surface area contributed by atoms with Crippen LogP contribution in [0.4, 0.5) is 0 Å². The van der Waals surface area contributed by atoms with E-state index >= 15 is 0 Å². The number of rotatable bonds is 1. The highest BCUT2D eigenvalue weighted by molar-refractivity contribution is 6.27. The van der Waals surface area contributed by atoms with Gasteiger partial charge in [-0.05, 0) is 18.1 Å². The number of amides is 1. The predicted octanol–water partition coefficient (Wildman–Crippen LogP) is 1.52. The van der Waals surface area contributed by atoms with Crippen molar-refractivity contribution in [2.24, 2.45) is 0 Å². The molecule has 3 nitrogen and oxygen atoms in total. The Morgan fingerprint density at radius 1 is 1.53 bits per heavy atom. The zero-order valence-electron chi connectivity index (χ0n) is 8.24. The molecule has 80 valence electrons. The Bertz CT molecular complexity index is 392. The van der Waals surface area contributed by atoms with Crippen molar-refractivity contribution in [1.82, 2.24) is 4.90 Å². The van der Waals surface area contributed by atoms with Crippen molar-refractivity contribution in [2.75, 3.05) is 12.4 Å².